The molecule has 0 spiro atoms. The highest BCUT2D eigenvalue weighted by molar-refractivity contribution is 7.80. The first kappa shape index (κ1) is 11.3. The highest BCUT2D eigenvalue weighted by atomic mass is 32.1. The summed E-state index contributed by atoms with van der Waals surface area (Å²) in [6.45, 7) is 4.51. The fraction of sp³-hybridized carbons (Fsp3) is 0.455. The number of rotatable bonds is 2. The van der Waals surface area contributed by atoms with Gasteiger partial charge < -0.3 is 15.4 Å². The number of nitrogens with zero attached hydrogens (tertiary/aromatic N) is 2. The van der Waals surface area contributed by atoms with Crippen LogP contribution in [-0.4, -0.2) is 35.8 Å². The van der Waals surface area contributed by atoms with Gasteiger partial charge in [0, 0.05) is 13.1 Å². The molecule has 1 aromatic rings. The Balaban J connectivity index is 2.19. The fourth-order valence-corrected chi connectivity index (χ4v) is 1.88. The summed E-state index contributed by atoms with van der Waals surface area (Å²) >= 11 is 4.92. The SMILES string of the molecule is CC1CN(c2cccc(C(N)=S)n2)CCO1. The van der Waals surface area contributed by atoms with Crippen molar-refractivity contribution < 1.29 is 4.74 Å². The Kier molecular flexibility index (Phi) is 3.36. The maximum atomic E-state index is 5.57. The van der Waals surface area contributed by atoms with Gasteiger partial charge in [0.25, 0.3) is 0 Å². The molecule has 0 aromatic carbocycles. The van der Waals surface area contributed by atoms with Gasteiger partial charge in [-0.2, -0.15) is 0 Å². The van der Waals surface area contributed by atoms with E-state index in [1.165, 1.54) is 0 Å². The summed E-state index contributed by atoms with van der Waals surface area (Å²) in [4.78, 5) is 6.96. The molecule has 0 amide bonds. The number of hydrogen-bond acceptors (Lipinski definition) is 4. The van der Waals surface area contributed by atoms with E-state index < -0.39 is 0 Å². The predicted octanol–water partition coefficient (Wildman–Crippen LogP) is 0.941. The van der Waals surface area contributed by atoms with E-state index in [0.29, 0.717) is 10.7 Å². The van der Waals surface area contributed by atoms with Gasteiger partial charge in [-0.05, 0) is 19.1 Å². The summed E-state index contributed by atoms with van der Waals surface area (Å²) in [5, 5.41) is 0. The summed E-state index contributed by atoms with van der Waals surface area (Å²) in [5.41, 5.74) is 6.24. The standard InChI is InChI=1S/C11H15N3OS/c1-8-7-14(5-6-15-8)10-4-2-3-9(13-10)11(12)16/h2-4,8H,5-7H2,1H3,(H2,12,16). The largest absolute Gasteiger partial charge is 0.388 e. The number of nitrogens with two attached hydrogens (primary N) is 1. The second-order valence-electron chi connectivity index (χ2n) is 3.87. The maximum Gasteiger partial charge on any atom is 0.129 e. The molecule has 4 nitrogen and oxygen atoms in total. The fourth-order valence-electron chi connectivity index (χ4n) is 1.76. The monoisotopic (exact) mass is 237 g/mol. The van der Waals surface area contributed by atoms with E-state index >= 15 is 0 Å². The Bertz CT molecular complexity index is 397. The highest BCUT2D eigenvalue weighted by Gasteiger charge is 2.18. The first-order chi connectivity index (χ1) is 7.66. The lowest BCUT2D eigenvalue weighted by Gasteiger charge is -2.32. The Hall–Kier alpha value is -1.20. The Morgan fingerprint density at radius 3 is 3.12 bits per heavy atom. The Labute approximate surface area is 100 Å². The number of ether oxygens (including phenoxy) is 1. The zero-order valence-corrected chi connectivity index (χ0v) is 10.0. The first-order valence-electron chi connectivity index (χ1n) is 5.30. The van der Waals surface area contributed by atoms with Gasteiger partial charge >= 0.3 is 0 Å². The molecule has 1 unspecified atom stereocenters. The van der Waals surface area contributed by atoms with Gasteiger partial charge in [-0.15, -0.1) is 0 Å². The molecular formula is C11H15N3OS. The Morgan fingerprint density at radius 2 is 2.44 bits per heavy atom. The van der Waals surface area contributed by atoms with E-state index in [2.05, 4.69) is 16.8 Å². The van der Waals surface area contributed by atoms with Gasteiger partial charge in [0.15, 0.2) is 0 Å². The number of anilines is 1. The molecule has 1 aliphatic rings. The third-order valence-electron chi connectivity index (χ3n) is 2.55. The topological polar surface area (TPSA) is 51.4 Å². The van der Waals surface area contributed by atoms with E-state index in [0.717, 1.165) is 25.5 Å². The van der Waals surface area contributed by atoms with Crippen LogP contribution in [0, 0.1) is 0 Å². The Morgan fingerprint density at radius 1 is 1.62 bits per heavy atom. The quantitative estimate of drug-likeness (QED) is 0.776. The van der Waals surface area contributed by atoms with Crippen molar-refractivity contribution in [3.8, 4) is 0 Å². The van der Waals surface area contributed by atoms with Gasteiger partial charge in [-0.3, -0.25) is 0 Å². The maximum absolute atomic E-state index is 5.57. The summed E-state index contributed by atoms with van der Waals surface area (Å²) in [7, 11) is 0. The van der Waals surface area contributed by atoms with Crippen LogP contribution in [0.5, 0.6) is 0 Å². The normalized spacial score (nSPS) is 20.8. The van der Waals surface area contributed by atoms with Crippen LogP contribution in [0.3, 0.4) is 0 Å². The van der Waals surface area contributed by atoms with Gasteiger partial charge in [0.05, 0.1) is 18.4 Å². The lowest BCUT2D eigenvalue weighted by atomic mass is 10.3. The van der Waals surface area contributed by atoms with Crippen molar-refractivity contribution >= 4 is 23.0 Å². The average molecular weight is 237 g/mol. The molecule has 0 saturated carbocycles. The number of morpholine rings is 1. The minimum Gasteiger partial charge on any atom is -0.388 e. The zero-order valence-electron chi connectivity index (χ0n) is 9.22. The zero-order chi connectivity index (χ0) is 11.5. The summed E-state index contributed by atoms with van der Waals surface area (Å²) in [5.74, 6) is 0.917. The minimum atomic E-state index is 0.240. The van der Waals surface area contributed by atoms with Crippen LogP contribution >= 0.6 is 12.2 Å². The van der Waals surface area contributed by atoms with E-state index in [4.69, 9.17) is 22.7 Å². The van der Waals surface area contributed by atoms with Crippen LogP contribution in [0.4, 0.5) is 5.82 Å². The van der Waals surface area contributed by atoms with Crippen molar-refractivity contribution in [2.75, 3.05) is 24.6 Å². The molecule has 16 heavy (non-hydrogen) atoms. The summed E-state index contributed by atoms with van der Waals surface area (Å²) in [6, 6.07) is 5.73. The van der Waals surface area contributed by atoms with Crippen LogP contribution in [0.1, 0.15) is 12.6 Å². The van der Waals surface area contributed by atoms with Gasteiger partial charge in [-0.1, -0.05) is 18.3 Å². The van der Waals surface area contributed by atoms with E-state index in [1.54, 1.807) is 0 Å². The summed E-state index contributed by atoms with van der Waals surface area (Å²) < 4.78 is 5.49. The molecule has 1 aromatic heterocycles. The molecule has 1 fully saturated rings. The van der Waals surface area contributed by atoms with Gasteiger partial charge in [0.1, 0.15) is 10.8 Å². The number of hydrogen-bond donors (Lipinski definition) is 1. The smallest absolute Gasteiger partial charge is 0.129 e. The summed E-state index contributed by atoms with van der Waals surface area (Å²) in [6.07, 6.45) is 0.240. The second-order valence-corrected chi connectivity index (χ2v) is 4.31. The molecule has 0 aliphatic carbocycles. The molecule has 0 radical (unpaired) electrons. The van der Waals surface area contributed by atoms with Crippen molar-refractivity contribution in [1.82, 2.24) is 4.98 Å². The number of thiocarbonyl (C=S) groups is 1. The van der Waals surface area contributed by atoms with Crippen LogP contribution in [-0.2, 0) is 4.74 Å². The van der Waals surface area contributed by atoms with Crippen LogP contribution in [0.25, 0.3) is 0 Å². The van der Waals surface area contributed by atoms with Crippen molar-refractivity contribution in [2.24, 2.45) is 5.73 Å². The average Bonchev–Trinajstić information content (AvgIpc) is 2.29. The van der Waals surface area contributed by atoms with Crippen LogP contribution < -0.4 is 10.6 Å². The number of aromatic nitrogens is 1. The molecule has 2 N–H and O–H groups in total. The molecule has 0 bridgehead atoms. The number of pyridine rings is 1. The van der Waals surface area contributed by atoms with Crippen LogP contribution in [0.15, 0.2) is 18.2 Å². The molecule has 86 valence electrons. The predicted molar refractivity (Wildman–Crippen MR) is 67.8 cm³/mol. The highest BCUT2D eigenvalue weighted by Crippen LogP contribution is 2.15. The second kappa shape index (κ2) is 4.76. The first-order valence-corrected chi connectivity index (χ1v) is 5.71. The van der Waals surface area contributed by atoms with Gasteiger partial charge in [0.2, 0.25) is 0 Å². The molecule has 1 saturated heterocycles. The van der Waals surface area contributed by atoms with E-state index in [1.807, 2.05) is 18.2 Å². The molecule has 1 atom stereocenters. The third-order valence-corrected chi connectivity index (χ3v) is 2.76. The molecule has 2 rings (SSSR count). The van der Waals surface area contributed by atoms with Gasteiger partial charge in [-0.25, -0.2) is 4.98 Å². The van der Waals surface area contributed by atoms with Crippen molar-refractivity contribution in [3.63, 3.8) is 0 Å². The van der Waals surface area contributed by atoms with Crippen molar-refractivity contribution in [1.29, 1.82) is 0 Å². The molecule has 1 aliphatic heterocycles. The van der Waals surface area contributed by atoms with Crippen molar-refractivity contribution in [2.45, 2.75) is 13.0 Å². The minimum absolute atomic E-state index is 0.240. The van der Waals surface area contributed by atoms with E-state index in [9.17, 15) is 0 Å². The van der Waals surface area contributed by atoms with Crippen LogP contribution in [0.2, 0.25) is 0 Å². The van der Waals surface area contributed by atoms with E-state index in [-0.39, 0.29) is 6.10 Å². The van der Waals surface area contributed by atoms with Crippen molar-refractivity contribution in [3.05, 3.63) is 23.9 Å². The molecule has 5 heteroatoms. The lowest BCUT2D eigenvalue weighted by Crippen LogP contribution is -2.41. The lowest BCUT2D eigenvalue weighted by molar-refractivity contribution is 0.0529. The third kappa shape index (κ3) is 2.48. The molecule has 2 heterocycles. The molecular weight excluding hydrogens is 222 g/mol.